The molecule has 8 heteroatoms. The van der Waals surface area contributed by atoms with E-state index >= 15 is 0 Å². The van der Waals surface area contributed by atoms with Crippen molar-refractivity contribution >= 4 is 35.0 Å². The van der Waals surface area contributed by atoms with Gasteiger partial charge in [0, 0.05) is 48.1 Å². The fourth-order valence-corrected chi connectivity index (χ4v) is 8.64. The van der Waals surface area contributed by atoms with E-state index in [-0.39, 0.29) is 0 Å². The first-order valence-corrected chi connectivity index (χ1v) is 22.9. The molecule has 6 aromatic carbocycles. The quantitative estimate of drug-likeness (QED) is 0.0312. The molecule has 0 spiro atoms. The van der Waals surface area contributed by atoms with E-state index in [0.29, 0.717) is 31.8 Å². The standard InChI is InChI=1S/C58H58N2O6/c1-6-11-35-58(59-36-12-7-2)53-39-49(29-31-51(53)52-32-30-50(40-54(52)58)66-57(63)10-5)60(47-25-21-45(22-26-47)43-17-13-41(14-18-43)33-37-64-55(61)8-3)48-27-23-46(24-28-48)44-19-15-42(16-20-44)34-38-65-56(62)9-4/h8-10,13-32,39-40,59H,3-7,11-12,33-38H2,1-2H3. The normalized spacial score (nSPS) is 13.5. The summed E-state index contributed by atoms with van der Waals surface area (Å²) in [6.07, 6.45) is 9.77. The fourth-order valence-electron chi connectivity index (χ4n) is 8.64. The highest BCUT2D eigenvalue weighted by molar-refractivity contribution is 5.88. The number of anilines is 3. The summed E-state index contributed by atoms with van der Waals surface area (Å²) in [4.78, 5) is 37.7. The van der Waals surface area contributed by atoms with Crippen molar-refractivity contribution < 1.29 is 28.6 Å². The van der Waals surface area contributed by atoms with Gasteiger partial charge in [0.2, 0.25) is 0 Å². The van der Waals surface area contributed by atoms with E-state index < -0.39 is 23.4 Å². The summed E-state index contributed by atoms with van der Waals surface area (Å²) < 4.78 is 16.1. The minimum atomic E-state index is -0.513. The average molecular weight is 879 g/mol. The molecule has 0 heterocycles. The number of hydrogen-bond acceptors (Lipinski definition) is 8. The Morgan fingerprint density at radius 1 is 0.545 bits per heavy atom. The molecule has 0 aromatic heterocycles. The van der Waals surface area contributed by atoms with Crippen LogP contribution in [-0.4, -0.2) is 37.7 Å². The molecule has 0 aliphatic heterocycles. The molecular weight excluding hydrogens is 821 g/mol. The summed E-state index contributed by atoms with van der Waals surface area (Å²) in [5.74, 6) is -0.826. The lowest BCUT2D eigenvalue weighted by Crippen LogP contribution is -2.42. The maximum absolute atomic E-state index is 12.4. The molecule has 1 atom stereocenters. The van der Waals surface area contributed by atoms with Crippen LogP contribution in [0.3, 0.4) is 0 Å². The van der Waals surface area contributed by atoms with Crippen LogP contribution in [-0.2, 0) is 42.2 Å². The Kier molecular flexibility index (Phi) is 15.6. The van der Waals surface area contributed by atoms with Crippen LogP contribution >= 0.6 is 0 Å². The number of nitrogens with zero attached hydrogens (tertiary/aromatic N) is 1. The molecule has 1 N–H and O–H groups in total. The van der Waals surface area contributed by atoms with Gasteiger partial charge in [-0.25, -0.2) is 14.4 Å². The Hall–Kier alpha value is -7.29. The first-order valence-electron chi connectivity index (χ1n) is 22.9. The largest absolute Gasteiger partial charge is 0.462 e. The third-order valence-corrected chi connectivity index (χ3v) is 12.1. The van der Waals surface area contributed by atoms with Crippen molar-refractivity contribution in [2.45, 2.75) is 64.3 Å². The Labute approximate surface area is 389 Å². The second-order valence-electron chi connectivity index (χ2n) is 16.4. The lowest BCUT2D eigenvalue weighted by Gasteiger charge is -2.35. The molecule has 1 aliphatic carbocycles. The summed E-state index contributed by atoms with van der Waals surface area (Å²) in [7, 11) is 0. The van der Waals surface area contributed by atoms with Crippen molar-refractivity contribution in [1.29, 1.82) is 0 Å². The minimum absolute atomic E-state index is 0.300. The number of nitrogens with one attached hydrogen (secondary N) is 1. The van der Waals surface area contributed by atoms with Crippen LogP contribution in [0.2, 0.25) is 0 Å². The number of ether oxygens (including phenoxy) is 3. The summed E-state index contributed by atoms with van der Waals surface area (Å²) in [6.45, 7) is 16.4. The summed E-state index contributed by atoms with van der Waals surface area (Å²) in [5, 5.41) is 4.05. The van der Waals surface area contributed by atoms with E-state index in [0.717, 1.165) is 106 Å². The van der Waals surface area contributed by atoms with Crippen LogP contribution in [0.1, 0.15) is 68.2 Å². The minimum Gasteiger partial charge on any atom is -0.462 e. The summed E-state index contributed by atoms with van der Waals surface area (Å²) in [5.41, 5.74) is 13.6. The SMILES string of the molecule is C=CC(=O)OCCc1ccc(-c2ccc(N(c3ccc(-c4ccc(CCOC(=O)C=C)cc4)cc3)c3ccc4c(c3)C(CCCC)(NCCCC)c3cc(OC(=O)C=C)ccc3-4)cc2)cc1. The van der Waals surface area contributed by atoms with Crippen LogP contribution in [0.25, 0.3) is 33.4 Å². The fraction of sp³-hybridized carbons (Fsp3) is 0.224. The molecule has 0 saturated heterocycles. The lowest BCUT2D eigenvalue weighted by atomic mass is 9.82. The monoisotopic (exact) mass is 878 g/mol. The molecule has 6 aromatic rings. The Morgan fingerprint density at radius 2 is 0.985 bits per heavy atom. The predicted molar refractivity (Wildman–Crippen MR) is 266 cm³/mol. The van der Waals surface area contributed by atoms with E-state index in [2.05, 4.69) is 165 Å². The van der Waals surface area contributed by atoms with Gasteiger partial charge < -0.3 is 24.4 Å². The summed E-state index contributed by atoms with van der Waals surface area (Å²) in [6, 6.07) is 46.8. The van der Waals surface area contributed by atoms with Gasteiger partial charge in [-0.3, -0.25) is 0 Å². The van der Waals surface area contributed by atoms with Crippen molar-refractivity contribution in [3.05, 3.63) is 194 Å². The van der Waals surface area contributed by atoms with Crippen molar-refractivity contribution in [2.75, 3.05) is 24.7 Å². The number of rotatable bonds is 22. The number of fused-ring (bicyclic) bond motifs is 3. The highest BCUT2D eigenvalue weighted by Gasteiger charge is 2.43. The molecule has 8 nitrogen and oxygen atoms in total. The van der Waals surface area contributed by atoms with Gasteiger partial charge in [-0.2, -0.15) is 0 Å². The zero-order valence-electron chi connectivity index (χ0n) is 38.0. The molecule has 0 amide bonds. The summed E-state index contributed by atoms with van der Waals surface area (Å²) >= 11 is 0. The van der Waals surface area contributed by atoms with Gasteiger partial charge in [0.25, 0.3) is 0 Å². The average Bonchev–Trinajstić information content (AvgIpc) is 3.61. The van der Waals surface area contributed by atoms with E-state index in [9.17, 15) is 14.4 Å². The Balaban J connectivity index is 1.27. The molecular formula is C58H58N2O6. The Morgan fingerprint density at radius 3 is 1.45 bits per heavy atom. The molecule has 66 heavy (non-hydrogen) atoms. The van der Waals surface area contributed by atoms with Gasteiger partial charge in [0.05, 0.1) is 18.8 Å². The van der Waals surface area contributed by atoms with Crippen LogP contribution in [0, 0.1) is 0 Å². The second kappa shape index (κ2) is 22.1. The highest BCUT2D eigenvalue weighted by atomic mass is 16.5. The predicted octanol–water partition coefficient (Wildman–Crippen LogP) is 12.9. The molecule has 1 unspecified atom stereocenters. The Bertz CT molecular complexity index is 2550. The topological polar surface area (TPSA) is 94.2 Å². The van der Waals surface area contributed by atoms with Crippen LogP contribution in [0.5, 0.6) is 5.75 Å². The van der Waals surface area contributed by atoms with Gasteiger partial charge in [-0.05, 0) is 124 Å². The van der Waals surface area contributed by atoms with Gasteiger partial charge in [-0.1, -0.05) is 138 Å². The van der Waals surface area contributed by atoms with E-state index in [1.807, 2.05) is 12.1 Å². The highest BCUT2D eigenvalue weighted by Crippen LogP contribution is 2.53. The molecule has 0 bridgehead atoms. The molecule has 0 saturated carbocycles. The van der Waals surface area contributed by atoms with Gasteiger partial charge >= 0.3 is 17.9 Å². The molecule has 7 rings (SSSR count). The maximum atomic E-state index is 12.4. The number of esters is 3. The first-order chi connectivity index (χ1) is 32.2. The molecule has 336 valence electrons. The van der Waals surface area contributed by atoms with Crippen molar-refractivity contribution in [1.82, 2.24) is 5.32 Å². The van der Waals surface area contributed by atoms with Crippen LogP contribution in [0.15, 0.2) is 171 Å². The first kappa shape index (κ1) is 46.7. The van der Waals surface area contributed by atoms with Gasteiger partial charge in [0.1, 0.15) is 5.75 Å². The zero-order chi connectivity index (χ0) is 46.5. The molecule has 0 fully saturated rings. The second-order valence-corrected chi connectivity index (χ2v) is 16.4. The molecule has 1 aliphatic rings. The number of unbranched alkanes of at least 4 members (excludes halogenated alkanes) is 2. The van der Waals surface area contributed by atoms with E-state index in [4.69, 9.17) is 14.2 Å². The lowest BCUT2D eigenvalue weighted by molar-refractivity contribution is -0.138. The van der Waals surface area contributed by atoms with Crippen LogP contribution in [0.4, 0.5) is 17.1 Å². The number of carbonyl (C=O) groups is 3. The van der Waals surface area contributed by atoms with Gasteiger partial charge in [0.15, 0.2) is 0 Å². The number of carbonyl (C=O) groups excluding carboxylic acids is 3. The van der Waals surface area contributed by atoms with E-state index in [1.165, 1.54) is 23.8 Å². The zero-order valence-corrected chi connectivity index (χ0v) is 38.0. The third kappa shape index (κ3) is 10.8. The maximum Gasteiger partial charge on any atom is 0.335 e. The van der Waals surface area contributed by atoms with Crippen molar-refractivity contribution in [2.24, 2.45) is 0 Å². The van der Waals surface area contributed by atoms with Crippen molar-refractivity contribution in [3.63, 3.8) is 0 Å². The number of hydrogen-bond donors (Lipinski definition) is 1. The van der Waals surface area contributed by atoms with Gasteiger partial charge in [-0.15, -0.1) is 0 Å². The van der Waals surface area contributed by atoms with E-state index in [1.54, 1.807) is 0 Å². The number of benzene rings is 6. The molecule has 0 radical (unpaired) electrons. The third-order valence-electron chi connectivity index (χ3n) is 12.1. The smallest absolute Gasteiger partial charge is 0.335 e. The van der Waals surface area contributed by atoms with Crippen LogP contribution < -0.4 is 15.0 Å². The van der Waals surface area contributed by atoms with Crippen molar-refractivity contribution in [3.8, 4) is 39.1 Å².